The Hall–Kier alpha value is -0.740. The van der Waals surface area contributed by atoms with Crippen molar-refractivity contribution < 1.29 is 0 Å². The molecule has 15 heavy (non-hydrogen) atoms. The fourth-order valence-corrected chi connectivity index (χ4v) is 2.44. The van der Waals surface area contributed by atoms with Crippen LogP contribution in [0.2, 0.25) is 0 Å². The second-order valence-electron chi connectivity index (χ2n) is 3.81. The Kier molecular flexibility index (Phi) is 4.91. The van der Waals surface area contributed by atoms with Gasteiger partial charge in [-0.2, -0.15) is 0 Å². The maximum atomic E-state index is 4.20. The number of hydrogen-bond donors (Lipinski definition) is 1. The fourth-order valence-electron chi connectivity index (χ4n) is 1.54. The SMILES string of the molecule is C=CCC(NCC)c1snnc1C(C)C. The molecule has 1 aromatic rings. The molecule has 1 rings (SSSR count). The van der Waals surface area contributed by atoms with Crippen LogP contribution in [0.15, 0.2) is 12.7 Å². The third kappa shape index (κ3) is 3.11. The number of aromatic nitrogens is 2. The van der Waals surface area contributed by atoms with Crippen LogP contribution in [0.5, 0.6) is 0 Å². The molecule has 0 saturated heterocycles. The van der Waals surface area contributed by atoms with Gasteiger partial charge in [0, 0.05) is 6.04 Å². The van der Waals surface area contributed by atoms with Crippen molar-refractivity contribution in [2.75, 3.05) is 6.54 Å². The van der Waals surface area contributed by atoms with E-state index < -0.39 is 0 Å². The standard InChI is InChI=1S/C11H19N3S/c1-5-7-9(12-6-2)11-10(8(3)4)13-14-15-11/h5,8-9,12H,1,6-7H2,2-4H3. The largest absolute Gasteiger partial charge is 0.309 e. The molecule has 0 aromatic carbocycles. The summed E-state index contributed by atoms with van der Waals surface area (Å²) in [5, 5.41) is 7.64. The third-order valence-electron chi connectivity index (χ3n) is 2.26. The van der Waals surface area contributed by atoms with Crippen LogP contribution in [0.3, 0.4) is 0 Å². The number of nitrogens with zero attached hydrogens (tertiary/aromatic N) is 2. The normalized spacial score (nSPS) is 13.1. The first kappa shape index (κ1) is 12.3. The molecular formula is C11H19N3S. The molecule has 84 valence electrons. The quantitative estimate of drug-likeness (QED) is 0.756. The molecule has 0 spiro atoms. The topological polar surface area (TPSA) is 37.8 Å². The Morgan fingerprint density at radius 2 is 2.27 bits per heavy atom. The van der Waals surface area contributed by atoms with Gasteiger partial charge in [-0.15, -0.1) is 11.7 Å². The van der Waals surface area contributed by atoms with Crippen LogP contribution >= 0.6 is 11.5 Å². The van der Waals surface area contributed by atoms with E-state index in [1.807, 2.05) is 6.08 Å². The predicted molar refractivity (Wildman–Crippen MR) is 65.2 cm³/mol. The third-order valence-corrected chi connectivity index (χ3v) is 3.11. The molecule has 0 aliphatic heterocycles. The summed E-state index contributed by atoms with van der Waals surface area (Å²) < 4.78 is 4.05. The Bertz CT molecular complexity index is 307. The van der Waals surface area contributed by atoms with Gasteiger partial charge in [0.25, 0.3) is 0 Å². The van der Waals surface area contributed by atoms with Crippen LogP contribution < -0.4 is 5.32 Å². The minimum absolute atomic E-state index is 0.324. The van der Waals surface area contributed by atoms with Crippen molar-refractivity contribution in [3.05, 3.63) is 23.2 Å². The Labute approximate surface area is 95.8 Å². The van der Waals surface area contributed by atoms with Gasteiger partial charge in [0.2, 0.25) is 0 Å². The van der Waals surface area contributed by atoms with E-state index in [9.17, 15) is 0 Å². The average Bonchev–Trinajstić information content (AvgIpc) is 2.65. The molecule has 0 radical (unpaired) electrons. The first-order valence-corrected chi connectivity index (χ1v) is 6.14. The summed E-state index contributed by atoms with van der Waals surface area (Å²) in [6.45, 7) is 11.2. The molecule has 1 heterocycles. The summed E-state index contributed by atoms with van der Waals surface area (Å²) >= 11 is 1.49. The van der Waals surface area contributed by atoms with Crippen molar-refractivity contribution in [2.45, 2.75) is 39.2 Å². The lowest BCUT2D eigenvalue weighted by Crippen LogP contribution is -2.20. The van der Waals surface area contributed by atoms with Crippen molar-refractivity contribution in [1.29, 1.82) is 0 Å². The van der Waals surface area contributed by atoms with Gasteiger partial charge in [0.15, 0.2) is 0 Å². The van der Waals surface area contributed by atoms with E-state index in [0.717, 1.165) is 18.7 Å². The Morgan fingerprint density at radius 3 is 2.80 bits per heavy atom. The first-order valence-electron chi connectivity index (χ1n) is 5.37. The smallest absolute Gasteiger partial charge is 0.0829 e. The van der Waals surface area contributed by atoms with Crippen LogP contribution in [-0.2, 0) is 0 Å². The summed E-state index contributed by atoms with van der Waals surface area (Å²) in [5.74, 6) is 0.435. The summed E-state index contributed by atoms with van der Waals surface area (Å²) in [6.07, 6.45) is 2.87. The summed E-state index contributed by atoms with van der Waals surface area (Å²) in [4.78, 5) is 1.26. The maximum Gasteiger partial charge on any atom is 0.0829 e. The molecule has 1 unspecified atom stereocenters. The summed E-state index contributed by atoms with van der Waals surface area (Å²) in [6, 6.07) is 0.324. The minimum Gasteiger partial charge on any atom is -0.309 e. The molecular weight excluding hydrogens is 206 g/mol. The second-order valence-corrected chi connectivity index (χ2v) is 4.60. The molecule has 1 N–H and O–H groups in total. The van der Waals surface area contributed by atoms with Crippen molar-refractivity contribution >= 4 is 11.5 Å². The molecule has 0 fully saturated rings. The summed E-state index contributed by atoms with van der Waals surface area (Å²) in [7, 11) is 0. The molecule has 0 aliphatic rings. The lowest BCUT2D eigenvalue weighted by molar-refractivity contribution is 0.558. The molecule has 3 nitrogen and oxygen atoms in total. The Morgan fingerprint density at radius 1 is 1.53 bits per heavy atom. The number of nitrogens with one attached hydrogen (secondary N) is 1. The van der Waals surface area contributed by atoms with Gasteiger partial charge in [0.1, 0.15) is 0 Å². The first-order chi connectivity index (χ1) is 7.20. The highest BCUT2D eigenvalue weighted by Crippen LogP contribution is 2.28. The van der Waals surface area contributed by atoms with Gasteiger partial charge in [-0.3, -0.25) is 0 Å². The van der Waals surface area contributed by atoms with Crippen LogP contribution in [0.1, 0.15) is 49.7 Å². The number of rotatable bonds is 6. The molecule has 1 aromatic heterocycles. The van der Waals surface area contributed by atoms with E-state index in [-0.39, 0.29) is 0 Å². The zero-order valence-electron chi connectivity index (χ0n) is 9.66. The van der Waals surface area contributed by atoms with Gasteiger partial charge in [-0.25, -0.2) is 0 Å². The van der Waals surface area contributed by atoms with Crippen molar-refractivity contribution in [3.8, 4) is 0 Å². The van der Waals surface area contributed by atoms with Crippen molar-refractivity contribution in [1.82, 2.24) is 14.9 Å². The van der Waals surface area contributed by atoms with Gasteiger partial charge in [-0.1, -0.05) is 31.3 Å². The lowest BCUT2D eigenvalue weighted by atomic mass is 10.0. The van der Waals surface area contributed by atoms with Gasteiger partial charge in [-0.05, 0) is 30.4 Å². The maximum absolute atomic E-state index is 4.20. The van der Waals surface area contributed by atoms with E-state index in [2.05, 4.69) is 42.3 Å². The van der Waals surface area contributed by atoms with E-state index in [4.69, 9.17) is 0 Å². The molecule has 1 atom stereocenters. The monoisotopic (exact) mass is 225 g/mol. The lowest BCUT2D eigenvalue weighted by Gasteiger charge is -2.15. The fraction of sp³-hybridized carbons (Fsp3) is 0.636. The van der Waals surface area contributed by atoms with E-state index in [0.29, 0.717) is 12.0 Å². The van der Waals surface area contributed by atoms with Crippen LogP contribution in [0.4, 0.5) is 0 Å². The predicted octanol–water partition coefficient (Wildman–Crippen LogP) is 2.89. The van der Waals surface area contributed by atoms with Gasteiger partial charge in [0.05, 0.1) is 10.6 Å². The van der Waals surface area contributed by atoms with E-state index in [1.165, 1.54) is 16.4 Å². The molecule has 0 saturated carbocycles. The number of hydrogen-bond acceptors (Lipinski definition) is 4. The Balaban J connectivity index is 2.88. The molecule has 0 amide bonds. The molecule has 4 heteroatoms. The zero-order valence-corrected chi connectivity index (χ0v) is 10.5. The average molecular weight is 225 g/mol. The highest BCUT2D eigenvalue weighted by Gasteiger charge is 2.19. The van der Waals surface area contributed by atoms with E-state index >= 15 is 0 Å². The van der Waals surface area contributed by atoms with Crippen LogP contribution in [-0.4, -0.2) is 16.1 Å². The highest BCUT2D eigenvalue weighted by molar-refractivity contribution is 7.05. The van der Waals surface area contributed by atoms with Gasteiger partial charge < -0.3 is 5.32 Å². The van der Waals surface area contributed by atoms with Crippen LogP contribution in [0.25, 0.3) is 0 Å². The van der Waals surface area contributed by atoms with Crippen LogP contribution in [0, 0.1) is 0 Å². The summed E-state index contributed by atoms with van der Waals surface area (Å²) in [5.41, 5.74) is 1.12. The van der Waals surface area contributed by atoms with Crippen molar-refractivity contribution in [3.63, 3.8) is 0 Å². The highest BCUT2D eigenvalue weighted by atomic mass is 32.1. The van der Waals surface area contributed by atoms with Gasteiger partial charge >= 0.3 is 0 Å². The zero-order chi connectivity index (χ0) is 11.3. The van der Waals surface area contributed by atoms with Crippen molar-refractivity contribution in [2.24, 2.45) is 0 Å². The molecule has 0 bridgehead atoms. The minimum atomic E-state index is 0.324. The molecule has 0 aliphatic carbocycles. The van der Waals surface area contributed by atoms with E-state index in [1.54, 1.807) is 0 Å². The second kappa shape index (κ2) is 5.98.